The number of para-hydroxylation sites is 1. The number of aryl methyl sites for hydroxylation is 1. The van der Waals surface area contributed by atoms with Crippen LogP contribution in [0.3, 0.4) is 0 Å². The molecule has 1 aromatic rings. The molecule has 2 rings (SSSR count). The molecule has 1 fully saturated rings. The number of thioether (sulfide) groups is 1. The number of rotatable bonds is 7. The van der Waals surface area contributed by atoms with Crippen molar-refractivity contribution < 1.29 is 9.59 Å². The zero-order valence-corrected chi connectivity index (χ0v) is 15.1. The second-order valence-corrected chi connectivity index (χ2v) is 7.27. The lowest BCUT2D eigenvalue weighted by molar-refractivity contribution is -0.126. The summed E-state index contributed by atoms with van der Waals surface area (Å²) in [5.74, 6) is 0.0578. The monoisotopic (exact) mass is 350 g/mol. The molecule has 0 aliphatic carbocycles. The largest absolute Gasteiger partial charge is 0.326 e. The molecule has 0 saturated carbocycles. The highest BCUT2D eigenvalue weighted by Gasteiger charge is 2.35. The summed E-state index contributed by atoms with van der Waals surface area (Å²) in [6.07, 6.45) is 2.66. The predicted molar refractivity (Wildman–Crippen MR) is 99.7 cm³/mol. The van der Waals surface area contributed by atoms with Crippen molar-refractivity contribution in [2.24, 2.45) is 0 Å². The van der Waals surface area contributed by atoms with E-state index in [-0.39, 0.29) is 17.1 Å². The maximum absolute atomic E-state index is 12.1. The highest BCUT2D eigenvalue weighted by Crippen LogP contribution is 2.29. The van der Waals surface area contributed by atoms with Gasteiger partial charge in [-0.2, -0.15) is 0 Å². The van der Waals surface area contributed by atoms with Gasteiger partial charge in [0.05, 0.1) is 5.25 Å². The fourth-order valence-electron chi connectivity index (χ4n) is 2.52. The average molecular weight is 351 g/mol. The van der Waals surface area contributed by atoms with Gasteiger partial charge in [0.25, 0.3) is 0 Å². The number of amides is 2. The van der Waals surface area contributed by atoms with Crippen molar-refractivity contribution in [3.63, 3.8) is 0 Å². The van der Waals surface area contributed by atoms with Crippen LogP contribution in [0, 0.1) is 0 Å². The third-order valence-corrected chi connectivity index (χ3v) is 5.58. The Morgan fingerprint density at radius 2 is 2.09 bits per heavy atom. The number of carbonyl (C=O) groups is 2. The first kappa shape index (κ1) is 17.9. The Bertz CT molecular complexity index is 604. The van der Waals surface area contributed by atoms with Crippen molar-refractivity contribution in [2.75, 3.05) is 11.9 Å². The SMILES string of the molecule is CCc1ccccc1NC(=O)CCCN1C(=O)C(CC)SC1=S. The van der Waals surface area contributed by atoms with E-state index in [4.69, 9.17) is 12.2 Å². The summed E-state index contributed by atoms with van der Waals surface area (Å²) in [6, 6.07) is 7.81. The van der Waals surface area contributed by atoms with Crippen molar-refractivity contribution in [2.45, 2.75) is 44.8 Å². The summed E-state index contributed by atoms with van der Waals surface area (Å²) in [5.41, 5.74) is 1.99. The molecule has 1 aliphatic heterocycles. The normalized spacial score (nSPS) is 17.7. The molecule has 1 aliphatic rings. The Hall–Kier alpha value is -1.40. The van der Waals surface area contributed by atoms with Crippen LogP contribution in [-0.2, 0) is 16.0 Å². The van der Waals surface area contributed by atoms with Crippen molar-refractivity contribution in [1.82, 2.24) is 4.90 Å². The molecular formula is C17H22N2O2S2. The molecule has 1 heterocycles. The number of anilines is 1. The Morgan fingerprint density at radius 3 is 2.74 bits per heavy atom. The number of nitrogens with one attached hydrogen (secondary N) is 1. The molecule has 0 radical (unpaired) electrons. The number of hydrogen-bond acceptors (Lipinski definition) is 4. The van der Waals surface area contributed by atoms with E-state index in [1.807, 2.05) is 31.2 Å². The highest BCUT2D eigenvalue weighted by atomic mass is 32.2. The number of hydrogen-bond donors (Lipinski definition) is 1. The van der Waals surface area contributed by atoms with Crippen LogP contribution in [-0.4, -0.2) is 32.8 Å². The van der Waals surface area contributed by atoms with Crippen LogP contribution in [0.25, 0.3) is 0 Å². The van der Waals surface area contributed by atoms with E-state index in [0.717, 1.165) is 24.1 Å². The van der Waals surface area contributed by atoms with E-state index in [1.54, 1.807) is 4.90 Å². The lowest BCUT2D eigenvalue weighted by atomic mass is 10.1. The van der Waals surface area contributed by atoms with Gasteiger partial charge in [0, 0.05) is 18.7 Å². The first-order valence-electron chi connectivity index (χ1n) is 7.96. The summed E-state index contributed by atoms with van der Waals surface area (Å²) in [4.78, 5) is 25.8. The van der Waals surface area contributed by atoms with Crippen LogP contribution < -0.4 is 5.32 Å². The van der Waals surface area contributed by atoms with Gasteiger partial charge in [-0.15, -0.1) is 0 Å². The minimum Gasteiger partial charge on any atom is -0.326 e. The van der Waals surface area contributed by atoms with Crippen molar-refractivity contribution in [3.8, 4) is 0 Å². The summed E-state index contributed by atoms with van der Waals surface area (Å²) < 4.78 is 0.638. The van der Waals surface area contributed by atoms with Crippen molar-refractivity contribution >= 4 is 45.8 Å². The van der Waals surface area contributed by atoms with E-state index in [1.165, 1.54) is 11.8 Å². The van der Waals surface area contributed by atoms with Gasteiger partial charge in [-0.25, -0.2) is 0 Å². The second-order valence-electron chi connectivity index (χ2n) is 5.43. The molecule has 0 spiro atoms. The molecular weight excluding hydrogens is 328 g/mol. The van der Waals surface area contributed by atoms with Gasteiger partial charge < -0.3 is 5.32 Å². The van der Waals surface area contributed by atoms with Crippen molar-refractivity contribution in [1.29, 1.82) is 0 Å². The maximum atomic E-state index is 12.1. The quantitative estimate of drug-likeness (QED) is 0.763. The Labute approximate surface area is 147 Å². The number of carbonyl (C=O) groups excluding carboxylic acids is 2. The molecule has 6 heteroatoms. The Balaban J connectivity index is 1.81. The van der Waals surface area contributed by atoms with Crippen LogP contribution >= 0.6 is 24.0 Å². The van der Waals surface area contributed by atoms with Gasteiger partial charge >= 0.3 is 0 Å². The molecule has 1 saturated heterocycles. The van der Waals surface area contributed by atoms with Crippen LogP contribution in [0.2, 0.25) is 0 Å². The first-order chi connectivity index (χ1) is 11.1. The molecule has 0 bridgehead atoms. The molecule has 2 amide bonds. The molecule has 124 valence electrons. The van der Waals surface area contributed by atoms with Crippen LogP contribution in [0.15, 0.2) is 24.3 Å². The first-order valence-corrected chi connectivity index (χ1v) is 9.25. The second kappa shape index (κ2) is 8.45. The number of thiocarbonyl (C=S) groups is 1. The summed E-state index contributed by atoms with van der Waals surface area (Å²) in [6.45, 7) is 4.57. The molecule has 0 aromatic heterocycles. The maximum Gasteiger partial charge on any atom is 0.241 e. The molecule has 1 aromatic carbocycles. The summed E-state index contributed by atoms with van der Waals surface area (Å²) in [5, 5.41) is 2.90. The fourth-order valence-corrected chi connectivity index (χ4v) is 4.00. The van der Waals surface area contributed by atoms with Gasteiger partial charge in [0.2, 0.25) is 11.8 Å². The van der Waals surface area contributed by atoms with E-state index in [2.05, 4.69) is 12.2 Å². The molecule has 1 unspecified atom stereocenters. The topological polar surface area (TPSA) is 49.4 Å². The van der Waals surface area contributed by atoms with E-state index in [9.17, 15) is 9.59 Å². The lowest BCUT2D eigenvalue weighted by Gasteiger charge is -2.15. The van der Waals surface area contributed by atoms with E-state index in [0.29, 0.717) is 23.7 Å². The zero-order chi connectivity index (χ0) is 16.8. The third kappa shape index (κ3) is 4.54. The zero-order valence-electron chi connectivity index (χ0n) is 13.5. The fraction of sp³-hybridized carbons (Fsp3) is 0.471. The summed E-state index contributed by atoms with van der Waals surface area (Å²) in [7, 11) is 0. The Kier molecular flexibility index (Phi) is 6.59. The van der Waals surface area contributed by atoms with E-state index < -0.39 is 0 Å². The van der Waals surface area contributed by atoms with Gasteiger partial charge in [-0.3, -0.25) is 14.5 Å². The van der Waals surface area contributed by atoms with Crippen LogP contribution in [0.5, 0.6) is 0 Å². The minimum atomic E-state index is -0.0484. The van der Waals surface area contributed by atoms with Gasteiger partial charge in [0.1, 0.15) is 4.32 Å². The van der Waals surface area contributed by atoms with Crippen LogP contribution in [0.4, 0.5) is 5.69 Å². The standard InChI is InChI=1S/C17H22N2O2S2/c1-3-12-8-5-6-9-13(12)18-15(20)10-7-11-19-16(21)14(4-2)23-17(19)22/h5-6,8-9,14H,3-4,7,10-11H2,1-2H3,(H,18,20). The number of nitrogens with zero attached hydrogens (tertiary/aromatic N) is 1. The summed E-state index contributed by atoms with van der Waals surface area (Å²) >= 11 is 6.70. The molecule has 23 heavy (non-hydrogen) atoms. The molecule has 1 N–H and O–H groups in total. The van der Waals surface area contributed by atoms with E-state index >= 15 is 0 Å². The van der Waals surface area contributed by atoms with Crippen LogP contribution in [0.1, 0.15) is 38.7 Å². The van der Waals surface area contributed by atoms with Crippen molar-refractivity contribution in [3.05, 3.63) is 29.8 Å². The molecule has 1 atom stereocenters. The van der Waals surface area contributed by atoms with Gasteiger partial charge in [-0.05, 0) is 30.9 Å². The predicted octanol–water partition coefficient (Wildman–Crippen LogP) is 3.61. The Morgan fingerprint density at radius 1 is 1.35 bits per heavy atom. The van der Waals surface area contributed by atoms with Gasteiger partial charge in [-0.1, -0.05) is 56.0 Å². The third-order valence-electron chi connectivity index (χ3n) is 3.83. The molecule has 4 nitrogen and oxygen atoms in total. The van der Waals surface area contributed by atoms with Gasteiger partial charge in [0.15, 0.2) is 0 Å². The smallest absolute Gasteiger partial charge is 0.241 e. The average Bonchev–Trinajstić information content (AvgIpc) is 2.82. The number of benzene rings is 1. The highest BCUT2D eigenvalue weighted by molar-refractivity contribution is 8.24. The lowest BCUT2D eigenvalue weighted by Crippen LogP contribution is -2.32. The minimum absolute atomic E-state index is 0.0249.